The molecule has 0 amide bonds. The summed E-state index contributed by atoms with van der Waals surface area (Å²) in [6, 6.07) is 6.31. The maximum absolute atomic E-state index is 4.83. The number of rotatable bonds is 15. The zero-order chi connectivity index (χ0) is 17.7. The molecule has 0 fully saturated rings. The normalized spacial score (nSPS) is 10.3. The van der Waals surface area contributed by atoms with E-state index in [9.17, 15) is 0 Å². The molecule has 134 valence electrons. The van der Waals surface area contributed by atoms with E-state index >= 15 is 0 Å². The van der Waals surface area contributed by atoms with E-state index in [0.717, 1.165) is 0 Å². The van der Waals surface area contributed by atoms with Crippen LogP contribution in [0.15, 0.2) is 30.6 Å². The van der Waals surface area contributed by atoms with Crippen molar-refractivity contribution in [3.05, 3.63) is 30.6 Å². The molecule has 0 N–H and O–H groups in total. The SMILES string of the molecule is CCCCCCCCCCCCCCCC[n+]1ccccc1.[Cl][K]. The van der Waals surface area contributed by atoms with Gasteiger partial charge in [-0.3, -0.25) is 0 Å². The van der Waals surface area contributed by atoms with Crippen molar-refractivity contribution in [2.24, 2.45) is 0 Å². The molecule has 1 aromatic heterocycles. The zero-order valence-corrected chi connectivity index (χ0v) is 20.2. The van der Waals surface area contributed by atoms with Crippen molar-refractivity contribution < 1.29 is 4.57 Å². The van der Waals surface area contributed by atoms with Gasteiger partial charge in [0.05, 0.1) is 0 Å². The number of aryl methyl sites for hydroxylation is 1. The van der Waals surface area contributed by atoms with Crippen molar-refractivity contribution in [1.82, 2.24) is 0 Å². The van der Waals surface area contributed by atoms with E-state index in [1.165, 1.54) is 96.4 Å². The summed E-state index contributed by atoms with van der Waals surface area (Å²) in [5, 5.41) is 0. The van der Waals surface area contributed by atoms with E-state index in [1.807, 2.05) is 0 Å². The quantitative estimate of drug-likeness (QED) is 0.180. The Kier molecular flexibility index (Phi) is 23.1. The molecule has 0 radical (unpaired) electrons. The van der Waals surface area contributed by atoms with Gasteiger partial charge in [0.1, 0.15) is 6.54 Å². The maximum atomic E-state index is 4.83. The van der Waals surface area contributed by atoms with E-state index < -0.39 is 0 Å². The van der Waals surface area contributed by atoms with Crippen molar-refractivity contribution in [1.29, 1.82) is 0 Å². The van der Waals surface area contributed by atoms with Crippen LogP contribution in [0.4, 0.5) is 0 Å². The molecule has 0 aliphatic rings. The van der Waals surface area contributed by atoms with Gasteiger partial charge in [0, 0.05) is 18.6 Å². The Bertz CT molecular complexity index is 332. The van der Waals surface area contributed by atoms with Crippen LogP contribution in [0.3, 0.4) is 0 Å². The third-order valence-corrected chi connectivity index (χ3v) is 4.55. The first kappa shape index (κ1) is 25.1. The van der Waals surface area contributed by atoms with Crippen LogP contribution in [-0.4, -0.2) is 47.1 Å². The first-order chi connectivity index (χ1) is 11.9. The van der Waals surface area contributed by atoms with E-state index in [2.05, 4.69) is 42.1 Å². The predicted molar refractivity (Wildman–Crippen MR) is 109 cm³/mol. The molecule has 0 bridgehead atoms. The van der Waals surface area contributed by atoms with Crippen molar-refractivity contribution in [2.75, 3.05) is 0 Å². The zero-order valence-electron chi connectivity index (χ0n) is 16.3. The Morgan fingerprint density at radius 3 is 1.38 bits per heavy atom. The fourth-order valence-electron chi connectivity index (χ4n) is 3.07. The molecule has 0 aromatic carbocycles. The Balaban J connectivity index is 0.00000254. The molecular formula is C21H38ClKN+. The summed E-state index contributed by atoms with van der Waals surface area (Å²) in [5.74, 6) is 0. The summed E-state index contributed by atoms with van der Waals surface area (Å²) in [4.78, 5) is 0. The summed E-state index contributed by atoms with van der Waals surface area (Å²) in [5.41, 5.74) is 0. The Morgan fingerprint density at radius 1 is 0.583 bits per heavy atom. The van der Waals surface area contributed by atoms with Crippen LogP contribution >= 0.6 is 3.76 Å². The number of halogens is 1. The molecule has 1 aromatic rings. The molecule has 24 heavy (non-hydrogen) atoms. The fourth-order valence-corrected chi connectivity index (χ4v) is 3.07. The summed E-state index contributed by atoms with van der Waals surface area (Å²) < 4.78 is 7.12. The monoisotopic (exact) mass is 378 g/mol. The molecule has 0 spiro atoms. The Hall–Kier alpha value is 1.08. The van der Waals surface area contributed by atoms with Crippen molar-refractivity contribution in [3.8, 4) is 0 Å². The number of pyridine rings is 1. The number of hydrogen-bond donors (Lipinski definition) is 0. The molecule has 0 saturated carbocycles. The first-order valence-electron chi connectivity index (χ1n) is 10.3. The van der Waals surface area contributed by atoms with E-state index in [1.54, 1.807) is 0 Å². The van der Waals surface area contributed by atoms with Gasteiger partial charge in [-0.15, -0.1) is 0 Å². The van der Waals surface area contributed by atoms with Gasteiger partial charge in [0.15, 0.2) is 12.4 Å². The van der Waals surface area contributed by atoms with E-state index in [4.69, 9.17) is 3.76 Å². The molecule has 3 heteroatoms. The van der Waals surface area contributed by atoms with Gasteiger partial charge in [-0.1, -0.05) is 90.0 Å². The van der Waals surface area contributed by atoms with Crippen LogP contribution in [0.1, 0.15) is 96.8 Å². The third kappa shape index (κ3) is 17.9. The second kappa shape index (κ2) is 22.1. The summed E-state index contributed by atoms with van der Waals surface area (Å²) in [7, 11) is 0. The van der Waals surface area contributed by atoms with Crippen LogP contribution in [0.5, 0.6) is 0 Å². The summed E-state index contributed by atoms with van der Waals surface area (Å²) >= 11 is 0.535. The van der Waals surface area contributed by atoms with Crippen LogP contribution in [0.25, 0.3) is 0 Å². The number of unbranched alkanes of at least 4 members (excludes halogenated alkanes) is 13. The fraction of sp³-hybridized carbons (Fsp3) is 0.762. The van der Waals surface area contributed by atoms with Crippen LogP contribution in [0.2, 0.25) is 0 Å². The van der Waals surface area contributed by atoms with Gasteiger partial charge in [-0.05, 0) is 6.42 Å². The number of nitrogens with zero attached hydrogens (tertiary/aromatic N) is 1. The molecule has 1 nitrogen and oxygen atoms in total. The standard InChI is InChI=1S/C21H38N.ClH.K/c1-2-3-4-5-6-7-8-9-10-11-12-13-14-16-19-22-20-17-15-18-21-22;;/h15,17-18,20-21H,2-14,16,19H2,1H3;1H;/q+1;;+1/p-1. The molecule has 0 unspecified atom stereocenters. The van der Waals surface area contributed by atoms with Crippen LogP contribution < -0.4 is 4.57 Å². The number of hydrogen-bond acceptors (Lipinski definition) is 0. The molecule has 0 atom stereocenters. The van der Waals surface area contributed by atoms with E-state index in [-0.39, 0.29) is 0 Å². The minimum atomic E-state index is 0.535. The average Bonchev–Trinajstić information content (AvgIpc) is 2.64. The first-order valence-corrected chi connectivity index (χ1v) is 14.5. The second-order valence-corrected chi connectivity index (χ2v) is 6.71. The van der Waals surface area contributed by atoms with Crippen LogP contribution in [0, 0.1) is 0 Å². The Labute approximate surface area is 187 Å². The summed E-state index contributed by atoms with van der Waals surface area (Å²) in [6.45, 7) is 3.47. The molecule has 0 aliphatic carbocycles. The summed E-state index contributed by atoms with van der Waals surface area (Å²) in [6.07, 6.45) is 24.4. The van der Waals surface area contributed by atoms with Gasteiger partial charge in [-0.2, -0.15) is 0 Å². The van der Waals surface area contributed by atoms with Gasteiger partial charge in [-0.25, -0.2) is 4.57 Å². The van der Waals surface area contributed by atoms with Crippen molar-refractivity contribution >= 4 is 50.9 Å². The molecule has 0 aliphatic heterocycles. The number of aromatic nitrogens is 1. The van der Waals surface area contributed by atoms with E-state index in [0.29, 0.717) is 47.1 Å². The third-order valence-electron chi connectivity index (χ3n) is 4.55. The van der Waals surface area contributed by atoms with Crippen molar-refractivity contribution in [3.63, 3.8) is 0 Å². The second-order valence-electron chi connectivity index (χ2n) is 6.71. The van der Waals surface area contributed by atoms with Gasteiger partial charge >= 0.3 is 50.9 Å². The van der Waals surface area contributed by atoms with Crippen LogP contribution in [-0.2, 0) is 6.54 Å². The van der Waals surface area contributed by atoms with Gasteiger partial charge in [0.2, 0.25) is 0 Å². The topological polar surface area (TPSA) is 3.88 Å². The van der Waals surface area contributed by atoms with Gasteiger partial charge in [0.25, 0.3) is 0 Å². The molecule has 0 saturated heterocycles. The van der Waals surface area contributed by atoms with Crippen molar-refractivity contribution in [2.45, 2.75) is 103 Å². The molecule has 1 rings (SSSR count). The minimum absolute atomic E-state index is 0.535. The average molecular weight is 379 g/mol. The molecular weight excluding hydrogens is 341 g/mol. The predicted octanol–water partition coefficient (Wildman–Crippen LogP) is 6.76. The molecule has 1 heterocycles. The Morgan fingerprint density at radius 2 is 0.958 bits per heavy atom. The van der Waals surface area contributed by atoms with Gasteiger partial charge < -0.3 is 0 Å².